The van der Waals surface area contributed by atoms with Crippen LogP contribution in [0.15, 0.2) is 42.5 Å². The van der Waals surface area contributed by atoms with Crippen molar-refractivity contribution < 1.29 is 9.90 Å². The summed E-state index contributed by atoms with van der Waals surface area (Å²) in [5, 5.41) is 12.1. The van der Waals surface area contributed by atoms with Gasteiger partial charge in [-0.25, -0.2) is 4.79 Å². The first-order chi connectivity index (χ1) is 8.58. The first-order valence-electron chi connectivity index (χ1n) is 5.53. The van der Waals surface area contributed by atoms with Gasteiger partial charge in [-0.2, -0.15) is 0 Å². The molecule has 0 unspecified atom stereocenters. The molecule has 0 aromatic heterocycles. The van der Waals surface area contributed by atoms with Gasteiger partial charge in [0.2, 0.25) is 0 Å². The molecular weight excluding hydrogens is 228 g/mol. The normalized spacial score (nSPS) is 10.1. The molecule has 0 aliphatic heterocycles. The highest BCUT2D eigenvalue weighted by Crippen LogP contribution is 2.26. The Morgan fingerprint density at radius 1 is 1.22 bits per heavy atom. The quantitative estimate of drug-likeness (QED) is 0.723. The van der Waals surface area contributed by atoms with Crippen LogP contribution in [0, 0.1) is 6.92 Å². The molecule has 2 aromatic carbocycles. The van der Waals surface area contributed by atoms with E-state index in [-0.39, 0.29) is 11.3 Å². The van der Waals surface area contributed by atoms with Gasteiger partial charge in [0, 0.05) is 5.69 Å². The average Bonchev–Trinajstić information content (AvgIpc) is 2.31. The number of carbonyl (C=O) groups is 1. The lowest BCUT2D eigenvalue weighted by molar-refractivity contribution is 0.0698. The summed E-state index contributed by atoms with van der Waals surface area (Å²) in [5.41, 5.74) is 8.77. The fourth-order valence-electron chi connectivity index (χ4n) is 1.74. The van der Waals surface area contributed by atoms with Gasteiger partial charge in [-0.3, -0.25) is 0 Å². The van der Waals surface area contributed by atoms with Crippen molar-refractivity contribution in [3.8, 4) is 0 Å². The largest absolute Gasteiger partial charge is 0.478 e. The molecule has 4 nitrogen and oxygen atoms in total. The Morgan fingerprint density at radius 3 is 2.61 bits per heavy atom. The summed E-state index contributed by atoms with van der Waals surface area (Å²) in [7, 11) is 0. The zero-order valence-corrected chi connectivity index (χ0v) is 9.97. The molecular formula is C14H14N2O2. The molecule has 0 saturated heterocycles. The maximum absolute atomic E-state index is 11.0. The van der Waals surface area contributed by atoms with E-state index >= 15 is 0 Å². The van der Waals surface area contributed by atoms with Gasteiger partial charge in [-0.15, -0.1) is 0 Å². The summed E-state index contributed by atoms with van der Waals surface area (Å²) >= 11 is 0. The molecule has 0 radical (unpaired) electrons. The minimum Gasteiger partial charge on any atom is -0.478 e. The highest BCUT2D eigenvalue weighted by atomic mass is 16.4. The standard InChI is InChI=1S/C14H14N2O2/c1-9-4-2-5-10(8-9)16-12-7-3-6-11(13(12)15)14(17)18/h2-8,16H,15H2,1H3,(H,17,18). The fraction of sp³-hybridized carbons (Fsp3) is 0.0714. The molecule has 18 heavy (non-hydrogen) atoms. The predicted octanol–water partition coefficient (Wildman–Crippen LogP) is 3.02. The van der Waals surface area contributed by atoms with Crippen LogP contribution in [-0.2, 0) is 0 Å². The van der Waals surface area contributed by atoms with Gasteiger partial charge in [0.15, 0.2) is 0 Å². The number of hydrogen-bond donors (Lipinski definition) is 3. The molecule has 4 heteroatoms. The van der Waals surface area contributed by atoms with Gasteiger partial charge < -0.3 is 16.2 Å². The van der Waals surface area contributed by atoms with Gasteiger partial charge in [-0.05, 0) is 36.8 Å². The molecule has 0 bridgehead atoms. The highest BCUT2D eigenvalue weighted by Gasteiger charge is 2.10. The second-order valence-electron chi connectivity index (χ2n) is 4.07. The summed E-state index contributed by atoms with van der Waals surface area (Å²) in [4.78, 5) is 11.0. The monoisotopic (exact) mass is 242 g/mol. The van der Waals surface area contributed by atoms with Gasteiger partial charge in [0.05, 0.1) is 16.9 Å². The Morgan fingerprint density at radius 2 is 1.94 bits per heavy atom. The number of anilines is 3. The maximum Gasteiger partial charge on any atom is 0.337 e. The minimum atomic E-state index is -1.03. The highest BCUT2D eigenvalue weighted by molar-refractivity contribution is 5.97. The van der Waals surface area contributed by atoms with E-state index in [0.29, 0.717) is 5.69 Å². The molecule has 2 rings (SSSR count). The predicted molar refractivity (Wildman–Crippen MR) is 72.3 cm³/mol. The Balaban J connectivity index is 2.35. The van der Waals surface area contributed by atoms with Crippen molar-refractivity contribution in [1.82, 2.24) is 0 Å². The summed E-state index contributed by atoms with van der Waals surface area (Å²) in [5.74, 6) is -1.03. The number of carboxylic acids is 1. The van der Waals surface area contributed by atoms with E-state index in [2.05, 4.69) is 5.32 Å². The van der Waals surface area contributed by atoms with E-state index in [1.54, 1.807) is 12.1 Å². The van der Waals surface area contributed by atoms with Crippen LogP contribution in [0.4, 0.5) is 17.1 Å². The van der Waals surface area contributed by atoms with Crippen molar-refractivity contribution in [1.29, 1.82) is 0 Å². The number of aromatic carboxylic acids is 1. The van der Waals surface area contributed by atoms with Crippen LogP contribution in [0.1, 0.15) is 15.9 Å². The maximum atomic E-state index is 11.0. The Bertz CT molecular complexity index is 594. The van der Waals surface area contributed by atoms with Crippen LogP contribution in [-0.4, -0.2) is 11.1 Å². The summed E-state index contributed by atoms with van der Waals surface area (Å²) in [6, 6.07) is 12.7. The van der Waals surface area contributed by atoms with Crippen LogP contribution in [0.3, 0.4) is 0 Å². The number of benzene rings is 2. The lowest BCUT2D eigenvalue weighted by Gasteiger charge is -2.11. The Labute approximate surface area is 105 Å². The van der Waals surface area contributed by atoms with Gasteiger partial charge >= 0.3 is 5.97 Å². The van der Waals surface area contributed by atoms with E-state index in [0.717, 1.165) is 11.3 Å². The van der Waals surface area contributed by atoms with Gasteiger partial charge in [0.1, 0.15) is 0 Å². The number of rotatable bonds is 3. The number of nitrogen functional groups attached to an aromatic ring is 1. The SMILES string of the molecule is Cc1cccc(Nc2cccc(C(=O)O)c2N)c1. The lowest BCUT2D eigenvalue weighted by Crippen LogP contribution is -2.05. The molecule has 0 heterocycles. The lowest BCUT2D eigenvalue weighted by atomic mass is 10.1. The smallest absolute Gasteiger partial charge is 0.337 e. The average molecular weight is 242 g/mol. The molecule has 0 aliphatic carbocycles. The number of nitrogens with one attached hydrogen (secondary N) is 1. The molecule has 0 fully saturated rings. The minimum absolute atomic E-state index is 0.104. The van der Waals surface area contributed by atoms with Crippen molar-refractivity contribution in [3.63, 3.8) is 0 Å². The van der Waals surface area contributed by atoms with Crippen molar-refractivity contribution in [3.05, 3.63) is 53.6 Å². The van der Waals surface area contributed by atoms with Gasteiger partial charge in [0.25, 0.3) is 0 Å². The van der Waals surface area contributed by atoms with Crippen LogP contribution in [0.5, 0.6) is 0 Å². The summed E-state index contributed by atoms with van der Waals surface area (Å²) in [6.07, 6.45) is 0. The van der Waals surface area contributed by atoms with Crippen molar-refractivity contribution in [2.24, 2.45) is 0 Å². The van der Waals surface area contributed by atoms with E-state index in [1.165, 1.54) is 6.07 Å². The van der Waals surface area contributed by atoms with Crippen LogP contribution < -0.4 is 11.1 Å². The van der Waals surface area contributed by atoms with E-state index < -0.39 is 5.97 Å². The third-order valence-corrected chi connectivity index (χ3v) is 2.63. The fourth-order valence-corrected chi connectivity index (χ4v) is 1.74. The number of nitrogens with two attached hydrogens (primary N) is 1. The van der Waals surface area contributed by atoms with Crippen molar-refractivity contribution in [2.45, 2.75) is 6.92 Å². The third kappa shape index (κ3) is 2.43. The molecule has 0 amide bonds. The van der Waals surface area contributed by atoms with E-state index in [9.17, 15) is 4.79 Å². The number of para-hydroxylation sites is 1. The third-order valence-electron chi connectivity index (χ3n) is 2.63. The first kappa shape index (κ1) is 12.0. The van der Waals surface area contributed by atoms with Crippen molar-refractivity contribution in [2.75, 3.05) is 11.1 Å². The summed E-state index contributed by atoms with van der Waals surface area (Å²) in [6.45, 7) is 1.99. The van der Waals surface area contributed by atoms with E-state index in [1.807, 2.05) is 31.2 Å². The van der Waals surface area contributed by atoms with Crippen LogP contribution in [0.25, 0.3) is 0 Å². The molecule has 4 N–H and O–H groups in total. The molecule has 0 saturated carbocycles. The molecule has 0 aliphatic rings. The molecule has 0 atom stereocenters. The van der Waals surface area contributed by atoms with Gasteiger partial charge in [-0.1, -0.05) is 18.2 Å². The van der Waals surface area contributed by atoms with E-state index in [4.69, 9.17) is 10.8 Å². The second-order valence-corrected chi connectivity index (χ2v) is 4.07. The zero-order chi connectivity index (χ0) is 13.1. The topological polar surface area (TPSA) is 75.3 Å². The Kier molecular flexibility index (Phi) is 3.19. The number of carboxylic acid groups (broad SMARTS) is 1. The second kappa shape index (κ2) is 4.79. The molecule has 2 aromatic rings. The number of aryl methyl sites for hydroxylation is 1. The summed E-state index contributed by atoms with van der Waals surface area (Å²) < 4.78 is 0. The Hall–Kier alpha value is -2.49. The van der Waals surface area contributed by atoms with Crippen LogP contribution >= 0.6 is 0 Å². The van der Waals surface area contributed by atoms with Crippen molar-refractivity contribution >= 4 is 23.0 Å². The molecule has 92 valence electrons. The first-order valence-corrected chi connectivity index (χ1v) is 5.53. The zero-order valence-electron chi connectivity index (χ0n) is 9.97. The number of hydrogen-bond acceptors (Lipinski definition) is 3. The molecule has 0 spiro atoms. The van der Waals surface area contributed by atoms with Crippen LogP contribution in [0.2, 0.25) is 0 Å².